The maximum atomic E-state index is 13.1. The molecule has 5 nitrogen and oxygen atoms in total. The van der Waals surface area contributed by atoms with Crippen molar-refractivity contribution in [2.45, 2.75) is 38.5 Å². The first-order valence-electron chi connectivity index (χ1n) is 10.4. The largest absolute Gasteiger partial charge is 0.401 e. The minimum Gasteiger partial charge on any atom is -0.375 e. The lowest BCUT2D eigenvalue weighted by molar-refractivity contribution is -0.148. The highest BCUT2D eigenvalue weighted by molar-refractivity contribution is 14.0. The summed E-state index contributed by atoms with van der Waals surface area (Å²) in [5.74, 6) is 0.781. The van der Waals surface area contributed by atoms with Crippen molar-refractivity contribution < 1.29 is 22.3 Å². The molecule has 0 aromatic heterocycles. The topological polar surface area (TPSA) is 48.9 Å². The minimum absolute atomic E-state index is 0. The Kier molecular flexibility index (Phi) is 12.7. The van der Waals surface area contributed by atoms with Crippen molar-refractivity contribution in [3.8, 4) is 0 Å². The van der Waals surface area contributed by atoms with Crippen LogP contribution in [0.2, 0.25) is 0 Å². The van der Waals surface area contributed by atoms with Crippen LogP contribution in [0.15, 0.2) is 29.3 Å². The maximum Gasteiger partial charge on any atom is 0.401 e. The van der Waals surface area contributed by atoms with Gasteiger partial charge in [-0.15, -0.1) is 24.0 Å². The third-order valence-electron chi connectivity index (χ3n) is 5.24. The fourth-order valence-electron chi connectivity index (χ4n) is 3.59. The quantitative estimate of drug-likeness (QED) is 0.204. The maximum absolute atomic E-state index is 13.1. The van der Waals surface area contributed by atoms with E-state index in [-0.39, 0.29) is 35.9 Å². The van der Waals surface area contributed by atoms with Gasteiger partial charge in [0.2, 0.25) is 0 Å². The van der Waals surface area contributed by atoms with Crippen molar-refractivity contribution >= 4 is 29.9 Å². The van der Waals surface area contributed by atoms with E-state index in [1.54, 1.807) is 19.2 Å². The van der Waals surface area contributed by atoms with Crippen molar-refractivity contribution in [1.29, 1.82) is 0 Å². The summed E-state index contributed by atoms with van der Waals surface area (Å²) in [5.41, 5.74) is 0.851. The molecule has 0 aliphatic carbocycles. The van der Waals surface area contributed by atoms with Crippen LogP contribution in [-0.4, -0.2) is 63.4 Å². The smallest absolute Gasteiger partial charge is 0.375 e. The van der Waals surface area contributed by atoms with Gasteiger partial charge in [0.15, 0.2) is 5.96 Å². The summed E-state index contributed by atoms with van der Waals surface area (Å²) in [7, 11) is 1.59. The highest BCUT2D eigenvalue weighted by atomic mass is 127. The van der Waals surface area contributed by atoms with E-state index in [1.165, 1.54) is 17.0 Å². The van der Waals surface area contributed by atoms with Gasteiger partial charge >= 0.3 is 6.18 Å². The molecule has 31 heavy (non-hydrogen) atoms. The molecule has 1 fully saturated rings. The van der Waals surface area contributed by atoms with E-state index in [4.69, 9.17) is 4.74 Å². The number of methoxy groups -OCH3 is 1. The number of aliphatic imine (C=N–C) groups is 1. The molecule has 1 unspecified atom stereocenters. The normalized spacial score (nSPS) is 17.2. The second kappa shape index (κ2) is 14.1. The van der Waals surface area contributed by atoms with E-state index >= 15 is 0 Å². The van der Waals surface area contributed by atoms with Crippen LogP contribution in [0.25, 0.3) is 0 Å². The first-order chi connectivity index (χ1) is 14.3. The first kappa shape index (κ1) is 27.9. The summed E-state index contributed by atoms with van der Waals surface area (Å²) in [6.07, 6.45) is -1.96. The molecule has 0 saturated carbocycles. The lowest BCUT2D eigenvalue weighted by atomic mass is 9.93. The molecule has 0 amide bonds. The van der Waals surface area contributed by atoms with Crippen molar-refractivity contribution in [2.24, 2.45) is 10.9 Å². The van der Waals surface area contributed by atoms with Crippen molar-refractivity contribution in [3.63, 3.8) is 0 Å². The number of nitrogens with one attached hydrogen (secondary N) is 2. The molecule has 1 aromatic rings. The molecule has 0 radical (unpaired) electrons. The summed E-state index contributed by atoms with van der Waals surface area (Å²) in [5, 5.41) is 6.47. The summed E-state index contributed by atoms with van der Waals surface area (Å²) in [4.78, 5) is 6.04. The van der Waals surface area contributed by atoms with Crippen molar-refractivity contribution in [2.75, 3.05) is 46.4 Å². The third kappa shape index (κ3) is 10.8. The molecule has 0 spiro atoms. The number of ether oxygens (including phenoxy) is 1. The Bertz CT molecular complexity index is 650. The van der Waals surface area contributed by atoms with Gasteiger partial charge in [0.05, 0.1) is 13.1 Å². The van der Waals surface area contributed by atoms with Crippen LogP contribution in [0.3, 0.4) is 0 Å². The van der Waals surface area contributed by atoms with Crippen LogP contribution >= 0.6 is 24.0 Å². The standard InChI is InChI=1S/C21H32F4N4O.HI/c1-3-26-20(28-14-19(30-2)17-4-6-18(22)7-5-17)27-11-8-16-9-12-29(13-10-16)15-21(23,24)25;/h4-7,16,19H,3,8-15H2,1-2H3,(H2,26,27,28);1H. The number of benzene rings is 1. The number of nitrogens with zero attached hydrogens (tertiary/aromatic N) is 2. The zero-order valence-corrected chi connectivity index (χ0v) is 20.4. The lowest BCUT2D eigenvalue weighted by Gasteiger charge is -2.32. The molecular formula is C21H33F4IN4O. The van der Waals surface area contributed by atoms with Gasteiger partial charge in [0, 0.05) is 20.2 Å². The predicted molar refractivity (Wildman–Crippen MR) is 125 cm³/mol. The number of guanidine groups is 1. The monoisotopic (exact) mass is 560 g/mol. The molecule has 1 heterocycles. The molecule has 178 valence electrons. The van der Waals surface area contributed by atoms with Gasteiger partial charge in [0.1, 0.15) is 11.9 Å². The molecule has 2 rings (SSSR count). The Hall–Kier alpha value is -1.14. The van der Waals surface area contributed by atoms with E-state index in [1.807, 2.05) is 6.92 Å². The van der Waals surface area contributed by atoms with Crippen molar-refractivity contribution in [1.82, 2.24) is 15.5 Å². The number of hydrogen-bond donors (Lipinski definition) is 2. The average Bonchev–Trinajstić information content (AvgIpc) is 2.70. The Labute approximate surface area is 199 Å². The summed E-state index contributed by atoms with van der Waals surface area (Å²) in [6, 6.07) is 6.16. The molecule has 1 aliphatic rings. The Morgan fingerprint density at radius 2 is 1.84 bits per heavy atom. The van der Waals surface area contributed by atoms with Crippen LogP contribution in [0.4, 0.5) is 17.6 Å². The van der Waals surface area contributed by atoms with E-state index in [9.17, 15) is 17.6 Å². The fourth-order valence-corrected chi connectivity index (χ4v) is 3.59. The second-order valence-corrected chi connectivity index (χ2v) is 7.55. The molecule has 1 aliphatic heterocycles. The van der Waals surface area contributed by atoms with Gasteiger partial charge in [-0.3, -0.25) is 9.89 Å². The SMILES string of the molecule is CCNC(=NCC(OC)c1ccc(F)cc1)NCCC1CCN(CC(F)(F)F)CC1.I. The van der Waals surface area contributed by atoms with Crippen LogP contribution in [0.1, 0.15) is 37.9 Å². The van der Waals surface area contributed by atoms with Gasteiger partial charge < -0.3 is 15.4 Å². The van der Waals surface area contributed by atoms with E-state index < -0.39 is 12.7 Å². The second-order valence-electron chi connectivity index (χ2n) is 7.55. The Morgan fingerprint density at radius 3 is 2.39 bits per heavy atom. The van der Waals surface area contributed by atoms with E-state index in [0.29, 0.717) is 44.6 Å². The molecular weight excluding hydrogens is 527 g/mol. The number of likely N-dealkylation sites (tertiary alicyclic amines) is 1. The predicted octanol–water partition coefficient (Wildman–Crippen LogP) is 4.35. The number of hydrogen-bond acceptors (Lipinski definition) is 3. The number of piperidine rings is 1. The number of rotatable bonds is 9. The molecule has 0 bridgehead atoms. The van der Waals surface area contributed by atoms with Crippen LogP contribution in [0.5, 0.6) is 0 Å². The molecule has 1 atom stereocenters. The fraction of sp³-hybridized carbons (Fsp3) is 0.667. The summed E-state index contributed by atoms with van der Waals surface area (Å²) >= 11 is 0. The molecule has 2 N–H and O–H groups in total. The van der Waals surface area contributed by atoms with Crippen LogP contribution in [0, 0.1) is 11.7 Å². The molecule has 10 heteroatoms. The van der Waals surface area contributed by atoms with E-state index in [2.05, 4.69) is 15.6 Å². The highest BCUT2D eigenvalue weighted by Gasteiger charge is 2.32. The third-order valence-corrected chi connectivity index (χ3v) is 5.24. The highest BCUT2D eigenvalue weighted by Crippen LogP contribution is 2.24. The Morgan fingerprint density at radius 1 is 1.19 bits per heavy atom. The zero-order valence-electron chi connectivity index (χ0n) is 18.1. The van der Waals surface area contributed by atoms with Crippen LogP contribution in [-0.2, 0) is 4.74 Å². The van der Waals surface area contributed by atoms with Gasteiger partial charge in [-0.1, -0.05) is 12.1 Å². The zero-order chi connectivity index (χ0) is 22.0. The van der Waals surface area contributed by atoms with Crippen LogP contribution < -0.4 is 10.6 Å². The summed E-state index contributed by atoms with van der Waals surface area (Å²) in [6.45, 7) is 3.93. The minimum atomic E-state index is -4.13. The van der Waals surface area contributed by atoms with Gasteiger partial charge in [-0.05, 0) is 62.9 Å². The van der Waals surface area contributed by atoms with E-state index in [0.717, 1.165) is 24.8 Å². The number of alkyl halides is 3. The first-order valence-corrected chi connectivity index (χ1v) is 10.4. The summed E-state index contributed by atoms with van der Waals surface area (Å²) < 4.78 is 56.0. The average molecular weight is 560 g/mol. The van der Waals surface area contributed by atoms with Crippen molar-refractivity contribution in [3.05, 3.63) is 35.6 Å². The van der Waals surface area contributed by atoms with Gasteiger partial charge in [-0.25, -0.2) is 4.39 Å². The number of halogens is 5. The van der Waals surface area contributed by atoms with Gasteiger partial charge in [0.25, 0.3) is 0 Å². The van der Waals surface area contributed by atoms with Gasteiger partial charge in [-0.2, -0.15) is 13.2 Å². The molecule has 1 aromatic carbocycles. The molecule has 1 saturated heterocycles. The Balaban J connectivity index is 0.00000480. The lowest BCUT2D eigenvalue weighted by Crippen LogP contribution is -2.41.